The summed E-state index contributed by atoms with van der Waals surface area (Å²) in [7, 11) is 0. The summed E-state index contributed by atoms with van der Waals surface area (Å²) in [5, 5.41) is 0. The van der Waals surface area contributed by atoms with Crippen LogP contribution < -0.4 is 0 Å². The highest BCUT2D eigenvalue weighted by Gasteiger charge is 2.45. The Balaban J connectivity index is 1.36. The molecule has 0 radical (unpaired) electrons. The normalized spacial score (nSPS) is 22.8. The van der Waals surface area contributed by atoms with E-state index in [1.165, 1.54) is 0 Å². The smallest absolute Gasteiger partial charge is 0.410 e. The number of nitrogens with zero attached hydrogens (tertiary/aromatic N) is 1. The first-order chi connectivity index (χ1) is 14.4. The summed E-state index contributed by atoms with van der Waals surface area (Å²) in [5.41, 5.74) is 1.02. The highest BCUT2D eigenvalue weighted by Crippen LogP contribution is 2.40. The summed E-state index contributed by atoms with van der Waals surface area (Å²) in [5.74, 6) is -4.57. The first kappa shape index (κ1) is 20.4. The average molecular weight is 417 g/mol. The van der Waals surface area contributed by atoms with Gasteiger partial charge in [0.25, 0.3) is 0 Å². The molecule has 2 aromatic rings. The maximum atomic E-state index is 13.4. The van der Waals surface area contributed by atoms with Gasteiger partial charge in [-0.1, -0.05) is 30.3 Å². The first-order valence-corrected chi connectivity index (χ1v) is 10.1. The fraction of sp³-hybridized carbons (Fsp3) is 0.391. The third-order valence-electron chi connectivity index (χ3n) is 6.03. The van der Waals surface area contributed by atoms with Crippen molar-refractivity contribution in [2.24, 2.45) is 5.92 Å². The van der Waals surface area contributed by atoms with Gasteiger partial charge in [0.15, 0.2) is 17.5 Å². The number of amides is 1. The summed E-state index contributed by atoms with van der Waals surface area (Å²) in [6.45, 7) is 0.194. The summed E-state index contributed by atoms with van der Waals surface area (Å²) in [6, 6.07) is 11.0. The molecule has 2 aromatic carbocycles. The van der Waals surface area contributed by atoms with Crippen molar-refractivity contribution in [3.8, 4) is 0 Å². The van der Waals surface area contributed by atoms with Gasteiger partial charge in [0, 0.05) is 24.4 Å². The number of hydrogen-bond donors (Lipinski definition) is 0. The lowest BCUT2D eigenvalue weighted by atomic mass is 9.85. The van der Waals surface area contributed by atoms with Crippen molar-refractivity contribution in [3.63, 3.8) is 0 Å². The Labute approximate surface area is 172 Å². The fourth-order valence-electron chi connectivity index (χ4n) is 4.59. The number of hydrogen-bond acceptors (Lipinski definition) is 3. The predicted molar refractivity (Wildman–Crippen MR) is 103 cm³/mol. The maximum absolute atomic E-state index is 13.4. The Kier molecular flexibility index (Phi) is 5.79. The second kappa shape index (κ2) is 8.50. The fourth-order valence-corrected chi connectivity index (χ4v) is 4.59. The zero-order chi connectivity index (χ0) is 21.3. The van der Waals surface area contributed by atoms with E-state index in [4.69, 9.17) is 4.74 Å². The van der Waals surface area contributed by atoms with Crippen molar-refractivity contribution in [2.45, 2.75) is 50.8 Å². The van der Waals surface area contributed by atoms with Gasteiger partial charge in [0.05, 0.1) is 0 Å². The molecule has 0 spiro atoms. The minimum absolute atomic E-state index is 0.0809. The second-order valence-electron chi connectivity index (χ2n) is 8.02. The molecule has 0 saturated carbocycles. The summed E-state index contributed by atoms with van der Waals surface area (Å²) < 4.78 is 45.4. The molecule has 0 N–H and O–H groups in total. The molecule has 4 nitrogen and oxygen atoms in total. The van der Waals surface area contributed by atoms with Gasteiger partial charge in [-0.2, -0.15) is 0 Å². The van der Waals surface area contributed by atoms with Crippen LogP contribution in [0.1, 0.15) is 36.8 Å². The maximum Gasteiger partial charge on any atom is 0.410 e. The number of halogens is 3. The number of benzene rings is 2. The Morgan fingerprint density at radius 2 is 1.53 bits per heavy atom. The quantitative estimate of drug-likeness (QED) is 0.657. The average Bonchev–Trinajstić information content (AvgIpc) is 3.00. The number of ketones is 1. The SMILES string of the molecule is O=C(Cc1cc(F)c(F)c(F)c1)C1CC2CCC(C1)N2C(=O)OCc1ccccc1. The second-order valence-corrected chi connectivity index (χ2v) is 8.02. The van der Waals surface area contributed by atoms with Gasteiger partial charge in [-0.05, 0) is 48.9 Å². The molecule has 2 fully saturated rings. The van der Waals surface area contributed by atoms with Crippen molar-refractivity contribution >= 4 is 11.9 Å². The van der Waals surface area contributed by atoms with Crippen LogP contribution in [-0.2, 0) is 22.6 Å². The van der Waals surface area contributed by atoms with E-state index >= 15 is 0 Å². The minimum Gasteiger partial charge on any atom is -0.445 e. The summed E-state index contributed by atoms with van der Waals surface area (Å²) in [6.07, 6.45) is 2.07. The van der Waals surface area contributed by atoms with Crippen LogP contribution in [0.2, 0.25) is 0 Å². The van der Waals surface area contributed by atoms with E-state index in [9.17, 15) is 22.8 Å². The van der Waals surface area contributed by atoms with Crippen molar-refractivity contribution < 1.29 is 27.5 Å². The summed E-state index contributed by atoms with van der Waals surface area (Å²) >= 11 is 0. The van der Waals surface area contributed by atoms with Crippen LogP contribution >= 0.6 is 0 Å². The molecular formula is C23H22F3NO3. The standard InChI is InChI=1S/C23H22F3NO3/c24-19-8-15(9-20(25)22(19)26)10-21(28)16-11-17-6-7-18(12-16)27(17)23(29)30-13-14-4-2-1-3-5-14/h1-5,8-9,16-18H,6-7,10-13H2. The number of fused-ring (bicyclic) bond motifs is 2. The van der Waals surface area contributed by atoms with E-state index in [-0.39, 0.29) is 48.5 Å². The molecule has 2 saturated heterocycles. The lowest BCUT2D eigenvalue weighted by Crippen LogP contribution is -2.48. The lowest BCUT2D eigenvalue weighted by molar-refractivity contribution is -0.124. The molecule has 0 aromatic heterocycles. The molecule has 2 heterocycles. The third-order valence-corrected chi connectivity index (χ3v) is 6.03. The molecule has 7 heteroatoms. The molecule has 2 unspecified atom stereocenters. The van der Waals surface area contributed by atoms with Crippen LogP contribution in [-0.4, -0.2) is 28.9 Å². The topological polar surface area (TPSA) is 46.6 Å². The van der Waals surface area contributed by atoms with Crippen LogP contribution in [0.4, 0.5) is 18.0 Å². The van der Waals surface area contributed by atoms with Gasteiger partial charge in [-0.25, -0.2) is 18.0 Å². The van der Waals surface area contributed by atoms with Gasteiger partial charge < -0.3 is 9.64 Å². The highest BCUT2D eigenvalue weighted by molar-refractivity contribution is 5.84. The van der Waals surface area contributed by atoms with Crippen LogP contribution in [0.5, 0.6) is 0 Å². The first-order valence-electron chi connectivity index (χ1n) is 10.1. The molecule has 4 rings (SSSR count). The van der Waals surface area contributed by atoms with Gasteiger partial charge in [0.1, 0.15) is 12.4 Å². The third kappa shape index (κ3) is 4.20. The molecule has 0 aliphatic carbocycles. The van der Waals surface area contributed by atoms with Gasteiger partial charge >= 0.3 is 6.09 Å². The molecule has 2 aliphatic rings. The molecule has 158 valence electrons. The predicted octanol–water partition coefficient (Wildman–Crippen LogP) is 4.80. The Bertz CT molecular complexity index is 913. The monoisotopic (exact) mass is 417 g/mol. The van der Waals surface area contributed by atoms with Crippen molar-refractivity contribution in [1.82, 2.24) is 4.90 Å². The largest absolute Gasteiger partial charge is 0.445 e. The van der Waals surface area contributed by atoms with Crippen molar-refractivity contribution in [2.75, 3.05) is 0 Å². The number of carbonyl (C=O) groups excluding carboxylic acids is 2. The Morgan fingerprint density at radius 3 is 2.13 bits per heavy atom. The lowest BCUT2D eigenvalue weighted by Gasteiger charge is -2.37. The molecule has 30 heavy (non-hydrogen) atoms. The van der Waals surface area contributed by atoms with E-state index in [0.29, 0.717) is 12.8 Å². The number of Topliss-reactive ketones (excluding diaryl/α,β-unsaturated/α-hetero) is 1. The number of piperidine rings is 1. The number of ether oxygens (including phenoxy) is 1. The zero-order valence-electron chi connectivity index (χ0n) is 16.3. The molecule has 2 bridgehead atoms. The van der Waals surface area contributed by atoms with Crippen LogP contribution in [0.15, 0.2) is 42.5 Å². The van der Waals surface area contributed by atoms with E-state index in [2.05, 4.69) is 0 Å². The number of carbonyl (C=O) groups is 2. The Hall–Kier alpha value is -2.83. The van der Waals surface area contributed by atoms with Gasteiger partial charge in [-0.15, -0.1) is 0 Å². The van der Waals surface area contributed by atoms with Crippen LogP contribution in [0.25, 0.3) is 0 Å². The van der Waals surface area contributed by atoms with Gasteiger partial charge in [0.2, 0.25) is 0 Å². The highest BCUT2D eigenvalue weighted by atomic mass is 19.2. The molecule has 2 atom stereocenters. The minimum atomic E-state index is -1.54. The van der Waals surface area contributed by atoms with Crippen LogP contribution in [0, 0.1) is 23.4 Å². The zero-order valence-corrected chi connectivity index (χ0v) is 16.3. The summed E-state index contributed by atoms with van der Waals surface area (Å²) in [4.78, 5) is 27.1. The Morgan fingerprint density at radius 1 is 0.933 bits per heavy atom. The van der Waals surface area contributed by atoms with E-state index in [0.717, 1.165) is 30.5 Å². The molecule has 2 aliphatic heterocycles. The van der Waals surface area contributed by atoms with E-state index in [1.54, 1.807) is 4.90 Å². The molecular weight excluding hydrogens is 395 g/mol. The van der Waals surface area contributed by atoms with E-state index < -0.39 is 17.5 Å². The number of rotatable bonds is 5. The van der Waals surface area contributed by atoms with Crippen molar-refractivity contribution in [1.29, 1.82) is 0 Å². The van der Waals surface area contributed by atoms with Crippen LogP contribution in [0.3, 0.4) is 0 Å². The molecule has 1 amide bonds. The van der Waals surface area contributed by atoms with E-state index in [1.807, 2.05) is 30.3 Å². The van der Waals surface area contributed by atoms with Gasteiger partial charge in [-0.3, -0.25) is 4.79 Å². The van der Waals surface area contributed by atoms with Crippen molar-refractivity contribution in [3.05, 3.63) is 71.0 Å².